The van der Waals surface area contributed by atoms with Crippen LogP contribution in [0.2, 0.25) is 0 Å². The zero-order valence-electron chi connectivity index (χ0n) is 4.75. The van der Waals surface area contributed by atoms with Gasteiger partial charge in [-0.2, -0.15) is 5.26 Å². The van der Waals surface area contributed by atoms with Crippen molar-refractivity contribution in [3.8, 4) is 6.26 Å². The molecule has 0 heterocycles. The summed E-state index contributed by atoms with van der Waals surface area (Å²) in [5.74, 6) is 0. The summed E-state index contributed by atoms with van der Waals surface area (Å²) in [6.45, 7) is 0. The van der Waals surface area contributed by atoms with Gasteiger partial charge < -0.3 is 14.7 Å². The smallest absolute Gasteiger partial charge is 0.859 e. The number of hydrogen-bond acceptors (Lipinski definition) is 4. The first-order valence-electron chi connectivity index (χ1n) is 1.13. The van der Waals surface area contributed by atoms with Crippen LogP contribution in [0, 0.1) is 11.5 Å². The topological polar surface area (TPSA) is 79.1 Å². The summed E-state index contributed by atoms with van der Waals surface area (Å²) in [6, 6.07) is 0. The van der Waals surface area contributed by atoms with E-state index < -0.39 is 7.32 Å². The summed E-state index contributed by atoms with van der Waals surface area (Å²) < 4.78 is 3.24. The number of nitriles is 1. The van der Waals surface area contributed by atoms with Gasteiger partial charge in [-0.05, 0) is 0 Å². The maximum absolute atomic E-state index is 9.13. The zero-order valence-corrected chi connectivity index (χ0v) is 8.75. The van der Waals surface area contributed by atoms with Crippen molar-refractivity contribution in [1.29, 1.82) is 5.26 Å². The quantitative estimate of drug-likeness (QED) is 0.261. The van der Waals surface area contributed by atoms with Crippen molar-refractivity contribution in [2.75, 3.05) is 0 Å². The Labute approximate surface area is 91.6 Å². The first-order valence-corrected chi connectivity index (χ1v) is 1.13. The van der Waals surface area contributed by atoms with Crippen LogP contribution in [0.5, 0.6) is 0 Å². The van der Waals surface area contributed by atoms with Crippen LogP contribution in [0.15, 0.2) is 0 Å². The Morgan fingerprint density at radius 2 is 1.75 bits per heavy atom. The van der Waals surface area contributed by atoms with Crippen molar-refractivity contribution in [3.05, 3.63) is 0 Å². The van der Waals surface area contributed by atoms with Gasteiger partial charge in [0.25, 0.3) is 6.26 Å². The van der Waals surface area contributed by atoms with Crippen molar-refractivity contribution in [3.63, 3.8) is 0 Å². The van der Waals surface area contributed by atoms with E-state index in [1.807, 2.05) is 0 Å². The molecule has 0 unspecified atom stereocenters. The van der Waals surface area contributed by atoms with Crippen LogP contribution in [0.1, 0.15) is 0 Å². The van der Waals surface area contributed by atoms with Crippen molar-refractivity contribution in [1.82, 2.24) is 0 Å². The molecule has 0 rings (SSSR count). The van der Waals surface area contributed by atoms with E-state index in [9.17, 15) is 0 Å². The van der Waals surface area contributed by atoms with E-state index in [0.717, 1.165) is 6.26 Å². The monoisotopic (exact) mass is 131 g/mol. The maximum atomic E-state index is 9.13. The predicted octanol–water partition coefficient (Wildman–Crippen LogP) is -8.80. The molecule has 0 atom stereocenters. The molecule has 0 amide bonds. The number of rotatable bonds is 1. The van der Waals surface area contributed by atoms with E-state index in [1.165, 1.54) is 0 Å². The Morgan fingerprint density at radius 3 is 1.75 bits per heavy atom. The normalized spacial score (nSPS) is 4.62. The fourth-order valence-corrected chi connectivity index (χ4v) is 0.0430. The summed E-state index contributed by atoms with van der Waals surface area (Å²) >= 11 is 0. The van der Waals surface area contributed by atoms with E-state index in [-0.39, 0.29) is 59.1 Å². The SMILES string of the molecule is N#COB([O-])[O-].[Na+].[Na+]. The standard InChI is InChI=1S/CBNO3.2Na/c3-1-6-2(4)5;;/q-2;2*+1. The van der Waals surface area contributed by atoms with Crippen molar-refractivity contribution >= 4 is 7.32 Å². The van der Waals surface area contributed by atoms with Crippen LogP contribution in [0.25, 0.3) is 0 Å². The van der Waals surface area contributed by atoms with Gasteiger partial charge >= 0.3 is 59.1 Å². The minimum Gasteiger partial charge on any atom is -0.859 e. The first kappa shape index (κ1) is 16.1. The second kappa shape index (κ2) is 11.1. The van der Waals surface area contributed by atoms with E-state index in [1.54, 1.807) is 0 Å². The van der Waals surface area contributed by atoms with Gasteiger partial charge in [-0.15, -0.1) is 0 Å². The Kier molecular flexibility index (Phi) is 22.4. The molecule has 0 fully saturated rings. The van der Waals surface area contributed by atoms with Crippen LogP contribution >= 0.6 is 0 Å². The molecule has 0 saturated carbocycles. The molecule has 32 valence electrons. The van der Waals surface area contributed by atoms with Gasteiger partial charge in [0.1, 0.15) is 0 Å². The van der Waals surface area contributed by atoms with Gasteiger partial charge in [0, 0.05) is 0 Å². The van der Waals surface area contributed by atoms with Gasteiger partial charge in [-0.1, -0.05) is 0 Å². The van der Waals surface area contributed by atoms with E-state index in [0.29, 0.717) is 0 Å². The molecule has 0 saturated heterocycles. The maximum Gasteiger partial charge on any atom is 1.00 e. The van der Waals surface area contributed by atoms with Crippen LogP contribution in [0.4, 0.5) is 0 Å². The van der Waals surface area contributed by atoms with E-state index in [2.05, 4.69) is 4.65 Å². The van der Waals surface area contributed by atoms with Crippen LogP contribution in [0.3, 0.4) is 0 Å². The predicted molar refractivity (Wildman–Crippen MR) is 12.5 cm³/mol. The van der Waals surface area contributed by atoms with Crippen LogP contribution in [-0.4, -0.2) is 7.32 Å². The fourth-order valence-electron chi connectivity index (χ4n) is 0.0430. The van der Waals surface area contributed by atoms with Crippen molar-refractivity contribution in [2.45, 2.75) is 0 Å². The summed E-state index contributed by atoms with van der Waals surface area (Å²) in [6.07, 6.45) is 0.942. The Hall–Kier alpha value is 1.27. The zero-order chi connectivity index (χ0) is 4.99. The largest absolute Gasteiger partial charge is 1.00 e. The molecular formula is CBNNa2O3. The molecule has 0 aliphatic rings. The molecule has 0 aromatic rings. The summed E-state index contributed by atoms with van der Waals surface area (Å²) in [7, 11) is -2.46. The van der Waals surface area contributed by atoms with Gasteiger partial charge in [0.15, 0.2) is 7.32 Å². The average Bonchev–Trinajstić information content (AvgIpc) is 1.35. The van der Waals surface area contributed by atoms with Gasteiger partial charge in [-0.3, -0.25) is 0 Å². The summed E-state index contributed by atoms with van der Waals surface area (Å²) in [5, 5.41) is 25.6. The van der Waals surface area contributed by atoms with Gasteiger partial charge in [0.2, 0.25) is 0 Å². The van der Waals surface area contributed by atoms with E-state index >= 15 is 0 Å². The van der Waals surface area contributed by atoms with E-state index in [4.69, 9.17) is 15.3 Å². The molecule has 0 spiro atoms. The molecule has 8 heavy (non-hydrogen) atoms. The average molecular weight is 131 g/mol. The number of hydrogen-bond donors (Lipinski definition) is 0. The molecule has 0 aromatic carbocycles. The third-order valence-corrected chi connectivity index (χ3v) is 0.149. The Balaban J connectivity index is -0.000000125. The van der Waals surface area contributed by atoms with Crippen LogP contribution in [-0.2, 0) is 4.65 Å². The minimum absolute atomic E-state index is 0. The van der Waals surface area contributed by atoms with Crippen molar-refractivity contribution < 1.29 is 73.8 Å². The Morgan fingerprint density at radius 1 is 1.38 bits per heavy atom. The van der Waals surface area contributed by atoms with Crippen LogP contribution < -0.4 is 69.2 Å². The van der Waals surface area contributed by atoms with Crippen molar-refractivity contribution in [2.24, 2.45) is 0 Å². The second-order valence-electron chi connectivity index (χ2n) is 0.498. The third kappa shape index (κ3) is 15.7. The minimum atomic E-state index is -2.46. The second-order valence-corrected chi connectivity index (χ2v) is 0.498. The molecule has 7 heteroatoms. The van der Waals surface area contributed by atoms with Gasteiger partial charge in [0.05, 0.1) is 0 Å². The molecule has 4 nitrogen and oxygen atoms in total. The van der Waals surface area contributed by atoms with Gasteiger partial charge in [-0.25, -0.2) is 0 Å². The first-order chi connectivity index (χ1) is 2.77. The molecular weight excluding hydrogens is 131 g/mol. The summed E-state index contributed by atoms with van der Waals surface area (Å²) in [4.78, 5) is 0. The Bertz CT molecular complexity index is 72.2. The molecule has 0 radical (unpaired) electrons. The molecule has 0 aliphatic heterocycles. The molecule has 0 bridgehead atoms. The molecule has 0 N–H and O–H groups in total. The third-order valence-electron chi connectivity index (χ3n) is 0.149. The molecule has 0 aliphatic carbocycles. The number of nitrogens with zero attached hydrogens (tertiary/aromatic N) is 1. The molecule has 0 aromatic heterocycles. The summed E-state index contributed by atoms with van der Waals surface area (Å²) in [5.41, 5.74) is 0. The fraction of sp³-hybridized carbons (Fsp3) is 0.